The number of rotatable bonds is 4. The summed E-state index contributed by atoms with van der Waals surface area (Å²) in [6, 6.07) is 6.54. The van der Waals surface area contributed by atoms with E-state index in [4.69, 9.17) is 0 Å². The van der Waals surface area contributed by atoms with Crippen molar-refractivity contribution in [3.63, 3.8) is 0 Å². The molecule has 0 saturated carbocycles. The summed E-state index contributed by atoms with van der Waals surface area (Å²) in [6.45, 7) is 1.90. The zero-order chi connectivity index (χ0) is 14.8. The topological polar surface area (TPSA) is 84.0 Å². The molecule has 6 nitrogen and oxygen atoms in total. The molecule has 20 heavy (non-hydrogen) atoms. The van der Waals surface area contributed by atoms with Crippen molar-refractivity contribution in [3.05, 3.63) is 36.2 Å². The predicted octanol–water partition coefficient (Wildman–Crippen LogP) is 1.97. The van der Waals surface area contributed by atoms with Gasteiger partial charge in [0.2, 0.25) is 0 Å². The van der Waals surface area contributed by atoms with Gasteiger partial charge < -0.3 is 10.6 Å². The van der Waals surface area contributed by atoms with Crippen LogP contribution >= 0.6 is 0 Å². The largest absolute Gasteiger partial charge is 0.373 e. The summed E-state index contributed by atoms with van der Waals surface area (Å²) >= 11 is 0. The highest BCUT2D eigenvalue weighted by Crippen LogP contribution is 2.22. The first kappa shape index (κ1) is 14.3. The molecule has 0 atom stereocenters. The van der Waals surface area contributed by atoms with Gasteiger partial charge in [-0.1, -0.05) is 0 Å². The van der Waals surface area contributed by atoms with E-state index in [2.05, 4.69) is 20.6 Å². The first-order chi connectivity index (χ1) is 9.41. The molecule has 0 saturated heterocycles. The SMILES string of the molecule is CNc1ncnc(Nc2ccc(S(C)(=O)=O)cc2)c1C. The van der Waals surface area contributed by atoms with E-state index in [1.807, 2.05) is 6.92 Å². The van der Waals surface area contributed by atoms with Gasteiger partial charge in [-0.2, -0.15) is 0 Å². The molecule has 106 valence electrons. The number of sulfone groups is 1. The Balaban J connectivity index is 2.27. The van der Waals surface area contributed by atoms with Crippen molar-refractivity contribution in [2.75, 3.05) is 23.9 Å². The highest BCUT2D eigenvalue weighted by atomic mass is 32.2. The van der Waals surface area contributed by atoms with Gasteiger partial charge in [0.15, 0.2) is 9.84 Å². The van der Waals surface area contributed by atoms with Gasteiger partial charge in [0, 0.05) is 24.6 Å². The molecule has 0 unspecified atom stereocenters. The minimum Gasteiger partial charge on any atom is -0.373 e. The van der Waals surface area contributed by atoms with Gasteiger partial charge in [0.05, 0.1) is 4.90 Å². The average Bonchev–Trinajstić information content (AvgIpc) is 2.41. The Bertz CT molecular complexity index is 712. The van der Waals surface area contributed by atoms with Crippen LogP contribution in [0.25, 0.3) is 0 Å². The van der Waals surface area contributed by atoms with E-state index in [0.717, 1.165) is 17.1 Å². The maximum atomic E-state index is 11.4. The Morgan fingerprint density at radius 3 is 2.20 bits per heavy atom. The smallest absolute Gasteiger partial charge is 0.175 e. The minimum absolute atomic E-state index is 0.290. The monoisotopic (exact) mass is 292 g/mol. The number of anilines is 3. The third kappa shape index (κ3) is 3.05. The molecule has 1 heterocycles. The lowest BCUT2D eigenvalue weighted by molar-refractivity contribution is 0.602. The lowest BCUT2D eigenvalue weighted by Gasteiger charge is -2.11. The van der Waals surface area contributed by atoms with Gasteiger partial charge in [0.25, 0.3) is 0 Å². The molecule has 0 fully saturated rings. The lowest BCUT2D eigenvalue weighted by atomic mass is 10.2. The van der Waals surface area contributed by atoms with Crippen molar-refractivity contribution >= 4 is 27.2 Å². The second-order valence-corrected chi connectivity index (χ2v) is 6.38. The Morgan fingerprint density at radius 1 is 1.05 bits per heavy atom. The third-order valence-corrected chi connectivity index (χ3v) is 3.99. The molecule has 0 radical (unpaired) electrons. The first-order valence-electron chi connectivity index (χ1n) is 5.98. The molecule has 2 aromatic rings. The summed E-state index contributed by atoms with van der Waals surface area (Å²) in [5.74, 6) is 1.42. The fraction of sp³-hybridized carbons (Fsp3) is 0.231. The molecular weight excluding hydrogens is 276 g/mol. The molecule has 0 bridgehead atoms. The Morgan fingerprint density at radius 2 is 1.65 bits per heavy atom. The number of benzene rings is 1. The van der Waals surface area contributed by atoms with Crippen LogP contribution in [0.5, 0.6) is 0 Å². The molecule has 1 aromatic heterocycles. The van der Waals surface area contributed by atoms with Crippen molar-refractivity contribution in [1.82, 2.24) is 9.97 Å². The number of nitrogens with zero attached hydrogens (tertiary/aromatic N) is 2. The lowest BCUT2D eigenvalue weighted by Crippen LogP contribution is -2.03. The van der Waals surface area contributed by atoms with Gasteiger partial charge in [-0.25, -0.2) is 18.4 Å². The van der Waals surface area contributed by atoms with Crippen molar-refractivity contribution in [2.24, 2.45) is 0 Å². The van der Waals surface area contributed by atoms with E-state index in [1.165, 1.54) is 12.6 Å². The zero-order valence-electron chi connectivity index (χ0n) is 11.5. The van der Waals surface area contributed by atoms with Gasteiger partial charge in [0.1, 0.15) is 18.0 Å². The highest BCUT2D eigenvalue weighted by Gasteiger charge is 2.08. The second kappa shape index (κ2) is 5.46. The average molecular weight is 292 g/mol. The summed E-state index contributed by atoms with van der Waals surface area (Å²) in [5, 5.41) is 6.12. The van der Waals surface area contributed by atoms with Gasteiger partial charge in [-0.3, -0.25) is 0 Å². The van der Waals surface area contributed by atoms with E-state index < -0.39 is 9.84 Å². The van der Waals surface area contributed by atoms with Crippen molar-refractivity contribution in [2.45, 2.75) is 11.8 Å². The molecule has 7 heteroatoms. The normalized spacial score (nSPS) is 11.2. The molecular formula is C13H16N4O2S. The van der Waals surface area contributed by atoms with Crippen LogP contribution in [-0.4, -0.2) is 31.7 Å². The summed E-state index contributed by atoms with van der Waals surface area (Å²) in [4.78, 5) is 8.57. The molecule has 2 N–H and O–H groups in total. The summed E-state index contributed by atoms with van der Waals surface area (Å²) in [7, 11) is -1.38. The molecule has 0 spiro atoms. The van der Waals surface area contributed by atoms with Crippen LogP contribution in [-0.2, 0) is 9.84 Å². The number of nitrogens with one attached hydrogen (secondary N) is 2. The van der Waals surface area contributed by atoms with Crippen molar-refractivity contribution < 1.29 is 8.42 Å². The Labute approximate surface area is 118 Å². The van der Waals surface area contributed by atoms with E-state index in [1.54, 1.807) is 31.3 Å². The molecule has 1 aromatic carbocycles. The minimum atomic E-state index is -3.17. The van der Waals surface area contributed by atoms with Crippen LogP contribution in [0.15, 0.2) is 35.5 Å². The Kier molecular flexibility index (Phi) is 3.89. The zero-order valence-corrected chi connectivity index (χ0v) is 12.3. The standard InChI is InChI=1S/C13H16N4O2S/c1-9-12(14-2)15-8-16-13(9)17-10-4-6-11(7-5-10)20(3,18)19/h4-8H,1-3H3,(H2,14,15,16,17). The van der Waals surface area contributed by atoms with Crippen LogP contribution in [0, 0.1) is 6.92 Å². The van der Waals surface area contributed by atoms with Crippen LogP contribution in [0.2, 0.25) is 0 Å². The van der Waals surface area contributed by atoms with Crippen LogP contribution in [0.4, 0.5) is 17.3 Å². The maximum absolute atomic E-state index is 11.4. The number of hydrogen-bond acceptors (Lipinski definition) is 6. The van der Waals surface area contributed by atoms with Gasteiger partial charge >= 0.3 is 0 Å². The number of hydrogen-bond donors (Lipinski definition) is 2. The number of aromatic nitrogens is 2. The van der Waals surface area contributed by atoms with Crippen LogP contribution in [0.1, 0.15) is 5.56 Å². The highest BCUT2D eigenvalue weighted by molar-refractivity contribution is 7.90. The first-order valence-corrected chi connectivity index (χ1v) is 7.87. The van der Waals surface area contributed by atoms with E-state index in [0.29, 0.717) is 10.7 Å². The fourth-order valence-corrected chi connectivity index (χ4v) is 2.38. The molecule has 2 rings (SSSR count). The summed E-state index contributed by atoms with van der Waals surface area (Å²) < 4.78 is 22.8. The van der Waals surface area contributed by atoms with E-state index in [-0.39, 0.29) is 0 Å². The Hall–Kier alpha value is -2.15. The maximum Gasteiger partial charge on any atom is 0.175 e. The van der Waals surface area contributed by atoms with E-state index >= 15 is 0 Å². The van der Waals surface area contributed by atoms with Crippen LogP contribution < -0.4 is 10.6 Å². The summed E-state index contributed by atoms with van der Waals surface area (Å²) in [5.41, 5.74) is 1.66. The predicted molar refractivity (Wildman–Crippen MR) is 79.2 cm³/mol. The fourth-order valence-electron chi connectivity index (χ4n) is 1.75. The molecule has 0 aliphatic rings. The third-order valence-electron chi connectivity index (χ3n) is 2.87. The molecule has 0 amide bonds. The summed E-state index contributed by atoms with van der Waals surface area (Å²) in [6.07, 6.45) is 2.65. The van der Waals surface area contributed by atoms with E-state index in [9.17, 15) is 8.42 Å². The van der Waals surface area contributed by atoms with Gasteiger partial charge in [-0.15, -0.1) is 0 Å². The van der Waals surface area contributed by atoms with Crippen molar-refractivity contribution in [3.8, 4) is 0 Å². The van der Waals surface area contributed by atoms with Crippen molar-refractivity contribution in [1.29, 1.82) is 0 Å². The van der Waals surface area contributed by atoms with Crippen LogP contribution in [0.3, 0.4) is 0 Å². The van der Waals surface area contributed by atoms with Gasteiger partial charge in [-0.05, 0) is 31.2 Å². The molecule has 0 aliphatic carbocycles. The molecule has 0 aliphatic heterocycles. The second-order valence-electron chi connectivity index (χ2n) is 4.37. The quantitative estimate of drug-likeness (QED) is 0.896.